The summed E-state index contributed by atoms with van der Waals surface area (Å²) in [4.78, 5) is 11.8. The van der Waals surface area contributed by atoms with Crippen molar-refractivity contribution in [3.63, 3.8) is 0 Å². The first-order chi connectivity index (χ1) is 8.78. The van der Waals surface area contributed by atoms with Gasteiger partial charge in [-0.05, 0) is 37.5 Å². The first-order valence-electron chi connectivity index (χ1n) is 6.26. The number of carbonyl (C=O) groups is 1. The molecule has 1 fully saturated rings. The quantitative estimate of drug-likeness (QED) is 0.825. The molecule has 1 aromatic carbocycles. The van der Waals surface area contributed by atoms with Crippen LogP contribution in [0.25, 0.3) is 0 Å². The van der Waals surface area contributed by atoms with E-state index < -0.39 is 0 Å². The predicted molar refractivity (Wildman–Crippen MR) is 71.2 cm³/mol. The molecule has 0 spiro atoms. The lowest BCUT2D eigenvalue weighted by Crippen LogP contribution is -2.15. The third-order valence-corrected chi connectivity index (χ3v) is 3.03. The van der Waals surface area contributed by atoms with Gasteiger partial charge in [-0.2, -0.15) is 0 Å². The Bertz CT molecular complexity index is 456. The molecule has 0 bridgehead atoms. The zero-order valence-electron chi connectivity index (χ0n) is 10.3. The summed E-state index contributed by atoms with van der Waals surface area (Å²) < 4.78 is 5.48. The molecule has 1 aliphatic rings. The lowest BCUT2D eigenvalue weighted by atomic mass is 10.1. The normalized spacial score (nSPS) is 18.3. The molecule has 2 rings (SSSR count). The second-order valence-electron chi connectivity index (χ2n) is 4.45. The first kappa shape index (κ1) is 12.7. The van der Waals surface area contributed by atoms with Gasteiger partial charge in [0.05, 0.1) is 6.10 Å². The van der Waals surface area contributed by atoms with Crippen LogP contribution in [0.5, 0.6) is 0 Å². The summed E-state index contributed by atoms with van der Waals surface area (Å²) in [6, 6.07) is 7.31. The molecule has 0 aromatic heterocycles. The standard InChI is InChI=1S/C15H17NO2/c1-2-12-5-3-6-13(11-12)16-15(17)9-8-14-7-4-10-18-14/h1,3,5-6,11,14H,4,7-10H2,(H,16,17)/t14-/m1/s1. The highest BCUT2D eigenvalue weighted by atomic mass is 16.5. The first-order valence-corrected chi connectivity index (χ1v) is 6.26. The Hall–Kier alpha value is -1.79. The Kier molecular flexibility index (Phi) is 4.38. The van der Waals surface area contributed by atoms with Gasteiger partial charge in [-0.15, -0.1) is 6.42 Å². The van der Waals surface area contributed by atoms with Gasteiger partial charge < -0.3 is 10.1 Å². The molecule has 1 heterocycles. The van der Waals surface area contributed by atoms with Crippen LogP contribution in [0, 0.1) is 12.3 Å². The monoisotopic (exact) mass is 243 g/mol. The molecule has 1 aliphatic heterocycles. The van der Waals surface area contributed by atoms with Gasteiger partial charge in [-0.1, -0.05) is 12.0 Å². The van der Waals surface area contributed by atoms with E-state index in [0.717, 1.165) is 37.1 Å². The number of amides is 1. The van der Waals surface area contributed by atoms with Gasteiger partial charge in [0.15, 0.2) is 0 Å². The molecule has 94 valence electrons. The third-order valence-electron chi connectivity index (χ3n) is 3.03. The van der Waals surface area contributed by atoms with Gasteiger partial charge in [0.25, 0.3) is 0 Å². The Morgan fingerprint density at radius 2 is 2.44 bits per heavy atom. The number of hydrogen-bond donors (Lipinski definition) is 1. The Balaban J connectivity index is 1.81. The molecule has 3 heteroatoms. The minimum Gasteiger partial charge on any atom is -0.378 e. The molecule has 0 aliphatic carbocycles. The molecule has 1 amide bonds. The van der Waals surface area contributed by atoms with E-state index in [9.17, 15) is 4.79 Å². The van der Waals surface area contributed by atoms with Crippen molar-refractivity contribution < 1.29 is 9.53 Å². The maximum atomic E-state index is 11.8. The molecular formula is C15H17NO2. The van der Waals surface area contributed by atoms with Crippen LogP contribution in [0.2, 0.25) is 0 Å². The van der Waals surface area contributed by atoms with Crippen LogP contribution in [0.1, 0.15) is 31.2 Å². The molecule has 1 N–H and O–H groups in total. The summed E-state index contributed by atoms with van der Waals surface area (Å²) in [6.45, 7) is 0.830. The van der Waals surface area contributed by atoms with Crippen LogP contribution in [0.15, 0.2) is 24.3 Å². The lowest BCUT2D eigenvalue weighted by Gasteiger charge is -2.09. The highest BCUT2D eigenvalue weighted by molar-refractivity contribution is 5.90. The summed E-state index contributed by atoms with van der Waals surface area (Å²) in [6.07, 6.45) is 9.03. The van der Waals surface area contributed by atoms with Crippen molar-refractivity contribution in [2.24, 2.45) is 0 Å². The minimum atomic E-state index is 0.0136. The van der Waals surface area contributed by atoms with Crippen molar-refractivity contribution in [1.29, 1.82) is 0 Å². The van der Waals surface area contributed by atoms with E-state index in [0.29, 0.717) is 6.42 Å². The molecule has 0 saturated carbocycles. The van der Waals surface area contributed by atoms with Crippen molar-refractivity contribution in [3.8, 4) is 12.3 Å². The third kappa shape index (κ3) is 3.61. The number of rotatable bonds is 4. The van der Waals surface area contributed by atoms with Crippen LogP contribution in [-0.4, -0.2) is 18.6 Å². The fraction of sp³-hybridized carbons (Fsp3) is 0.400. The average molecular weight is 243 g/mol. The molecule has 3 nitrogen and oxygen atoms in total. The molecule has 18 heavy (non-hydrogen) atoms. The number of terminal acetylenes is 1. The molecule has 0 radical (unpaired) electrons. The molecule has 1 atom stereocenters. The topological polar surface area (TPSA) is 38.3 Å². The van der Waals surface area contributed by atoms with E-state index in [-0.39, 0.29) is 12.0 Å². The Morgan fingerprint density at radius 3 is 3.17 bits per heavy atom. The highest BCUT2D eigenvalue weighted by Gasteiger charge is 2.16. The van der Waals surface area contributed by atoms with Gasteiger partial charge in [-0.25, -0.2) is 0 Å². The number of carbonyl (C=O) groups excluding carboxylic acids is 1. The second-order valence-corrected chi connectivity index (χ2v) is 4.45. The summed E-state index contributed by atoms with van der Waals surface area (Å²) in [5.41, 5.74) is 1.52. The van der Waals surface area contributed by atoms with Crippen LogP contribution in [-0.2, 0) is 9.53 Å². The van der Waals surface area contributed by atoms with Crippen LogP contribution >= 0.6 is 0 Å². The fourth-order valence-electron chi connectivity index (χ4n) is 2.07. The highest BCUT2D eigenvalue weighted by Crippen LogP contribution is 2.17. The Labute approximate surface area is 108 Å². The largest absolute Gasteiger partial charge is 0.378 e. The van der Waals surface area contributed by atoms with Gasteiger partial charge in [0.2, 0.25) is 5.91 Å². The fourth-order valence-corrected chi connectivity index (χ4v) is 2.07. The van der Waals surface area contributed by atoms with Gasteiger partial charge >= 0.3 is 0 Å². The summed E-state index contributed by atoms with van der Waals surface area (Å²) in [7, 11) is 0. The molecule has 0 unspecified atom stereocenters. The van der Waals surface area contributed by atoms with E-state index in [1.54, 1.807) is 6.07 Å². The van der Waals surface area contributed by atoms with Crippen molar-refractivity contribution >= 4 is 11.6 Å². The van der Waals surface area contributed by atoms with Gasteiger partial charge in [0, 0.05) is 24.3 Å². The zero-order chi connectivity index (χ0) is 12.8. The molecule has 1 saturated heterocycles. The van der Waals surface area contributed by atoms with Crippen molar-refractivity contribution in [2.75, 3.05) is 11.9 Å². The van der Waals surface area contributed by atoms with Crippen LogP contribution < -0.4 is 5.32 Å². The Morgan fingerprint density at radius 1 is 1.56 bits per heavy atom. The average Bonchev–Trinajstić information content (AvgIpc) is 2.90. The van der Waals surface area contributed by atoms with Crippen molar-refractivity contribution in [1.82, 2.24) is 0 Å². The molecule has 1 aromatic rings. The minimum absolute atomic E-state index is 0.0136. The zero-order valence-corrected chi connectivity index (χ0v) is 10.3. The maximum absolute atomic E-state index is 11.8. The predicted octanol–water partition coefficient (Wildman–Crippen LogP) is 2.57. The van der Waals surface area contributed by atoms with Gasteiger partial charge in [-0.3, -0.25) is 4.79 Å². The van der Waals surface area contributed by atoms with Crippen molar-refractivity contribution in [2.45, 2.75) is 31.8 Å². The number of anilines is 1. The summed E-state index contributed by atoms with van der Waals surface area (Å²) in [5, 5.41) is 2.85. The van der Waals surface area contributed by atoms with E-state index in [2.05, 4.69) is 11.2 Å². The number of benzene rings is 1. The lowest BCUT2D eigenvalue weighted by molar-refractivity contribution is -0.116. The van der Waals surface area contributed by atoms with Crippen LogP contribution in [0.4, 0.5) is 5.69 Å². The van der Waals surface area contributed by atoms with Crippen molar-refractivity contribution in [3.05, 3.63) is 29.8 Å². The van der Waals surface area contributed by atoms with E-state index in [1.165, 1.54) is 0 Å². The summed E-state index contributed by atoms with van der Waals surface area (Å²) in [5.74, 6) is 2.56. The summed E-state index contributed by atoms with van der Waals surface area (Å²) >= 11 is 0. The number of ether oxygens (including phenoxy) is 1. The van der Waals surface area contributed by atoms with E-state index in [1.807, 2.05) is 18.2 Å². The number of hydrogen-bond acceptors (Lipinski definition) is 2. The number of nitrogens with one attached hydrogen (secondary N) is 1. The van der Waals surface area contributed by atoms with E-state index >= 15 is 0 Å². The molecular weight excluding hydrogens is 226 g/mol. The van der Waals surface area contributed by atoms with Gasteiger partial charge in [0.1, 0.15) is 0 Å². The smallest absolute Gasteiger partial charge is 0.224 e. The second kappa shape index (κ2) is 6.23. The van der Waals surface area contributed by atoms with E-state index in [4.69, 9.17) is 11.2 Å². The SMILES string of the molecule is C#Cc1cccc(NC(=O)CC[C@H]2CCCO2)c1. The maximum Gasteiger partial charge on any atom is 0.224 e. The van der Waals surface area contributed by atoms with Crippen LogP contribution in [0.3, 0.4) is 0 Å².